The van der Waals surface area contributed by atoms with Crippen molar-refractivity contribution in [1.82, 2.24) is 0 Å². The number of aliphatic hydroxyl groups is 1. The van der Waals surface area contributed by atoms with Crippen LogP contribution in [0.15, 0.2) is 0 Å². The molecule has 0 heterocycles. The van der Waals surface area contributed by atoms with Gasteiger partial charge >= 0.3 is 39.5 Å². The van der Waals surface area contributed by atoms with Crippen molar-refractivity contribution in [2.24, 2.45) is 17.8 Å². The Kier molecular flexibility index (Phi) is 68.1. The molecule has 582 valence electrons. The number of hydrogen-bond acceptors (Lipinski definition) is 15. The average Bonchev–Trinajstić information content (AvgIpc) is 1.38. The second-order valence-electron chi connectivity index (χ2n) is 29.9. The summed E-state index contributed by atoms with van der Waals surface area (Å²) in [4.78, 5) is 73.0. The van der Waals surface area contributed by atoms with Crippen LogP contribution in [0.25, 0.3) is 0 Å². The summed E-state index contributed by atoms with van der Waals surface area (Å²) in [7, 11) is -9.92. The van der Waals surface area contributed by atoms with Crippen LogP contribution < -0.4 is 0 Å². The molecule has 17 nitrogen and oxygen atoms in total. The summed E-state index contributed by atoms with van der Waals surface area (Å²) in [6.07, 6.45) is 56.8. The third-order valence-corrected chi connectivity index (χ3v) is 20.3. The Bertz CT molecular complexity index is 1900. The van der Waals surface area contributed by atoms with Gasteiger partial charge < -0.3 is 33.8 Å². The largest absolute Gasteiger partial charge is 0.472 e. The lowest BCUT2D eigenvalue weighted by molar-refractivity contribution is -0.161. The Balaban J connectivity index is 5.25. The molecule has 0 spiro atoms. The Morgan fingerprint density at radius 1 is 0.276 bits per heavy atom. The van der Waals surface area contributed by atoms with E-state index in [1.165, 1.54) is 218 Å². The van der Waals surface area contributed by atoms with E-state index in [-0.39, 0.29) is 25.7 Å². The van der Waals surface area contributed by atoms with Gasteiger partial charge in [0.25, 0.3) is 0 Å². The third kappa shape index (κ3) is 72.4. The SMILES string of the molecule is CCCCCCCCCCCCCC(=O)OC[C@H](COP(=O)(O)OC[C@H](O)COP(=O)(O)OC[C@@H](COC(=O)CCCCCCCCCCCCCC(C)C)OC(=O)CCCCCCCCCCCCCCCCCCC(C)C)OC(=O)CCCCCCCCCCCCCC(C)C. The van der Waals surface area contributed by atoms with Gasteiger partial charge in [-0.3, -0.25) is 37.3 Å². The highest BCUT2D eigenvalue weighted by Crippen LogP contribution is 2.45. The van der Waals surface area contributed by atoms with Crippen molar-refractivity contribution in [3.63, 3.8) is 0 Å². The van der Waals surface area contributed by atoms with E-state index >= 15 is 0 Å². The molecule has 0 aromatic heterocycles. The monoisotopic (exact) mass is 1440 g/mol. The smallest absolute Gasteiger partial charge is 0.462 e. The van der Waals surface area contributed by atoms with E-state index in [1.54, 1.807) is 0 Å². The Hall–Kier alpha value is -1.94. The van der Waals surface area contributed by atoms with Gasteiger partial charge in [0.05, 0.1) is 26.4 Å². The second-order valence-corrected chi connectivity index (χ2v) is 32.8. The summed E-state index contributed by atoms with van der Waals surface area (Å²) in [6, 6.07) is 0. The number of aliphatic hydroxyl groups excluding tert-OH is 1. The summed E-state index contributed by atoms with van der Waals surface area (Å²) >= 11 is 0. The standard InChI is InChI=1S/C79H154O17P2/c1-8-9-10-11-12-13-22-32-39-46-53-60-76(81)89-66-74(96-79(84)63-56-49-42-35-28-21-25-31-38-45-52-59-72(6)7)68-93-97(85,86)91-64-73(80)65-92-98(87,88)94-69-75(67-90-77(82)61-54-47-40-33-27-20-24-30-37-44-51-58-71(4)5)95-78(83)62-55-48-41-34-26-19-17-15-14-16-18-23-29-36-43-50-57-70(2)3/h70-75,80H,8-69H2,1-7H3,(H,85,86)(H,87,88)/t73-,74+,75+/m0/s1. The molecular formula is C79H154O17P2. The third-order valence-electron chi connectivity index (χ3n) is 18.4. The van der Waals surface area contributed by atoms with Crippen LogP contribution in [0.5, 0.6) is 0 Å². The molecule has 0 aliphatic carbocycles. The van der Waals surface area contributed by atoms with E-state index in [4.69, 9.17) is 37.0 Å². The highest BCUT2D eigenvalue weighted by atomic mass is 31.2. The summed E-state index contributed by atoms with van der Waals surface area (Å²) in [5, 5.41) is 10.6. The second kappa shape index (κ2) is 69.4. The molecule has 98 heavy (non-hydrogen) atoms. The van der Waals surface area contributed by atoms with Crippen molar-refractivity contribution in [3.05, 3.63) is 0 Å². The Labute approximate surface area is 600 Å². The first-order chi connectivity index (χ1) is 47.2. The van der Waals surface area contributed by atoms with Gasteiger partial charge in [0.15, 0.2) is 12.2 Å². The molecule has 0 aliphatic rings. The van der Waals surface area contributed by atoms with Crippen molar-refractivity contribution in [2.45, 2.75) is 426 Å². The molecule has 0 rings (SSSR count). The highest BCUT2D eigenvalue weighted by Gasteiger charge is 2.30. The number of hydrogen-bond donors (Lipinski definition) is 3. The summed E-state index contributed by atoms with van der Waals surface area (Å²) < 4.78 is 68.7. The highest BCUT2D eigenvalue weighted by molar-refractivity contribution is 7.47. The first kappa shape index (κ1) is 96.1. The Morgan fingerprint density at radius 2 is 0.469 bits per heavy atom. The topological polar surface area (TPSA) is 237 Å². The van der Waals surface area contributed by atoms with Crippen LogP contribution in [0.1, 0.15) is 408 Å². The van der Waals surface area contributed by atoms with Crippen LogP contribution in [0, 0.1) is 17.8 Å². The molecule has 0 saturated heterocycles. The van der Waals surface area contributed by atoms with Gasteiger partial charge in [-0.25, -0.2) is 9.13 Å². The van der Waals surface area contributed by atoms with E-state index < -0.39 is 97.5 Å². The zero-order chi connectivity index (χ0) is 72.3. The average molecular weight is 1440 g/mol. The van der Waals surface area contributed by atoms with E-state index in [1.807, 2.05) is 0 Å². The number of phosphoric acid groups is 2. The Morgan fingerprint density at radius 3 is 0.694 bits per heavy atom. The summed E-state index contributed by atoms with van der Waals surface area (Å²) in [6.45, 7) is 12.0. The van der Waals surface area contributed by atoms with Crippen LogP contribution >= 0.6 is 15.6 Å². The molecule has 0 amide bonds. The van der Waals surface area contributed by atoms with Crippen molar-refractivity contribution < 1.29 is 80.2 Å². The molecule has 0 bridgehead atoms. The lowest BCUT2D eigenvalue weighted by Crippen LogP contribution is -2.30. The van der Waals surface area contributed by atoms with Crippen LogP contribution in [0.2, 0.25) is 0 Å². The first-order valence-electron chi connectivity index (χ1n) is 40.8. The minimum absolute atomic E-state index is 0.107. The number of rotatable bonds is 77. The van der Waals surface area contributed by atoms with E-state index in [9.17, 15) is 43.2 Å². The molecular weight excluding hydrogens is 1280 g/mol. The molecule has 19 heteroatoms. The van der Waals surface area contributed by atoms with E-state index in [2.05, 4.69) is 48.5 Å². The number of carbonyl (C=O) groups is 4. The number of esters is 4. The van der Waals surface area contributed by atoms with Gasteiger partial charge in [-0.15, -0.1) is 0 Å². The molecule has 0 fully saturated rings. The molecule has 3 N–H and O–H groups in total. The van der Waals surface area contributed by atoms with E-state index in [0.717, 1.165) is 108 Å². The molecule has 0 aromatic carbocycles. The molecule has 0 aliphatic heterocycles. The summed E-state index contributed by atoms with van der Waals surface area (Å²) in [5.41, 5.74) is 0. The fourth-order valence-electron chi connectivity index (χ4n) is 12.1. The van der Waals surface area contributed by atoms with Crippen molar-refractivity contribution in [1.29, 1.82) is 0 Å². The maximum atomic E-state index is 13.1. The molecule has 0 saturated carbocycles. The van der Waals surface area contributed by atoms with E-state index in [0.29, 0.717) is 25.7 Å². The van der Waals surface area contributed by atoms with Crippen molar-refractivity contribution in [3.8, 4) is 0 Å². The minimum atomic E-state index is -4.96. The van der Waals surface area contributed by atoms with Crippen LogP contribution in [-0.4, -0.2) is 96.7 Å². The predicted octanol–water partition coefficient (Wildman–Crippen LogP) is 23.4. The molecule has 2 unspecified atom stereocenters. The fourth-order valence-corrected chi connectivity index (χ4v) is 13.7. The first-order valence-corrected chi connectivity index (χ1v) is 43.8. The van der Waals surface area contributed by atoms with Crippen molar-refractivity contribution in [2.75, 3.05) is 39.6 Å². The van der Waals surface area contributed by atoms with Gasteiger partial charge in [-0.2, -0.15) is 0 Å². The van der Waals surface area contributed by atoms with Crippen molar-refractivity contribution >= 4 is 39.5 Å². The van der Waals surface area contributed by atoms with Gasteiger partial charge in [-0.1, -0.05) is 357 Å². The van der Waals surface area contributed by atoms with Gasteiger partial charge in [-0.05, 0) is 43.4 Å². The number of ether oxygens (including phenoxy) is 4. The van der Waals surface area contributed by atoms with Gasteiger partial charge in [0.1, 0.15) is 19.3 Å². The molecule has 0 aromatic rings. The molecule has 0 radical (unpaired) electrons. The maximum absolute atomic E-state index is 13.1. The zero-order valence-electron chi connectivity index (χ0n) is 64.3. The number of carbonyl (C=O) groups excluding carboxylic acids is 4. The number of phosphoric ester groups is 2. The number of unbranched alkanes of at least 4 members (excludes halogenated alkanes) is 45. The fraction of sp³-hybridized carbons (Fsp3) is 0.949. The van der Waals surface area contributed by atoms with Gasteiger partial charge in [0, 0.05) is 25.7 Å². The maximum Gasteiger partial charge on any atom is 0.472 e. The molecule has 5 atom stereocenters. The quantitative estimate of drug-likeness (QED) is 0.0222. The minimum Gasteiger partial charge on any atom is -0.462 e. The normalized spacial score (nSPS) is 14.0. The predicted molar refractivity (Wildman–Crippen MR) is 400 cm³/mol. The van der Waals surface area contributed by atoms with Gasteiger partial charge in [0.2, 0.25) is 0 Å². The van der Waals surface area contributed by atoms with Crippen LogP contribution in [-0.2, 0) is 65.4 Å². The van der Waals surface area contributed by atoms with Crippen LogP contribution in [0.4, 0.5) is 0 Å². The lowest BCUT2D eigenvalue weighted by atomic mass is 10.0. The lowest BCUT2D eigenvalue weighted by Gasteiger charge is -2.21. The summed E-state index contributed by atoms with van der Waals surface area (Å²) in [5.74, 6) is 0.233. The van der Waals surface area contributed by atoms with Crippen LogP contribution in [0.3, 0.4) is 0 Å². The zero-order valence-corrected chi connectivity index (χ0v) is 66.0.